The number of hydrogen-bond acceptors (Lipinski definition) is 2. The van der Waals surface area contributed by atoms with E-state index in [2.05, 4.69) is 0 Å². The summed E-state index contributed by atoms with van der Waals surface area (Å²) in [6, 6.07) is 9.07. The second-order valence-corrected chi connectivity index (χ2v) is 2.05. The van der Waals surface area contributed by atoms with Crippen LogP contribution in [0.3, 0.4) is 0 Å². The molecule has 0 aliphatic rings. The number of rotatable bonds is 0. The predicted molar refractivity (Wildman–Crippen MR) is 36.8 cm³/mol. The summed E-state index contributed by atoms with van der Waals surface area (Å²) >= 11 is 4.83. The molecule has 10 heavy (non-hydrogen) atoms. The van der Waals surface area contributed by atoms with Gasteiger partial charge in [0, 0.05) is 5.56 Å². The van der Waals surface area contributed by atoms with Gasteiger partial charge in [-0.25, -0.2) is 0 Å². The minimum Gasteiger partial charge on any atom is -0.778 e. The van der Waals surface area contributed by atoms with Crippen molar-refractivity contribution in [3.63, 3.8) is 0 Å². The fourth-order valence-corrected chi connectivity index (χ4v) is 0.751. The molecule has 0 amide bonds. The molecule has 0 radical (unpaired) electrons. The first kappa shape index (κ1) is 9.93. The third-order valence-electron chi connectivity index (χ3n) is 1.01. The van der Waals surface area contributed by atoms with E-state index >= 15 is 0 Å². The average Bonchev–Trinajstić information content (AvgIpc) is 1.89. The van der Waals surface area contributed by atoms with Gasteiger partial charge in [0.1, 0.15) is 0 Å². The Morgan fingerprint density at radius 1 is 1.30 bits per heavy atom. The zero-order chi connectivity index (χ0) is 6.69. The second kappa shape index (κ2) is 4.70. The van der Waals surface area contributed by atoms with E-state index in [1.54, 1.807) is 18.2 Å². The van der Waals surface area contributed by atoms with Gasteiger partial charge in [-0.05, 0) is 6.07 Å². The quantitative estimate of drug-likeness (QED) is 0.337. The van der Waals surface area contributed by atoms with Crippen molar-refractivity contribution in [2.45, 2.75) is 4.90 Å². The molecule has 3 heteroatoms. The van der Waals surface area contributed by atoms with E-state index in [0.717, 1.165) is 0 Å². The normalized spacial score (nSPS) is 7.50. The molecular formula is C7H4NNaS. The van der Waals surface area contributed by atoms with Crippen molar-refractivity contribution in [3.05, 3.63) is 29.8 Å². The molecular weight excluding hydrogens is 153 g/mol. The van der Waals surface area contributed by atoms with Crippen molar-refractivity contribution in [1.82, 2.24) is 0 Å². The Morgan fingerprint density at radius 3 is 2.30 bits per heavy atom. The Labute approximate surface area is 87.8 Å². The van der Waals surface area contributed by atoms with E-state index in [4.69, 9.17) is 17.9 Å². The zero-order valence-corrected chi connectivity index (χ0v) is 8.48. The van der Waals surface area contributed by atoms with Gasteiger partial charge < -0.3 is 12.6 Å². The molecule has 0 spiro atoms. The van der Waals surface area contributed by atoms with Gasteiger partial charge in [-0.2, -0.15) is 10.2 Å². The summed E-state index contributed by atoms with van der Waals surface area (Å²) in [5.41, 5.74) is 0.576. The summed E-state index contributed by atoms with van der Waals surface area (Å²) in [6.45, 7) is 0. The van der Waals surface area contributed by atoms with Gasteiger partial charge in [0.25, 0.3) is 0 Å². The fraction of sp³-hybridized carbons (Fsp3) is 0. The maximum absolute atomic E-state index is 8.40. The van der Waals surface area contributed by atoms with E-state index in [-0.39, 0.29) is 29.6 Å². The van der Waals surface area contributed by atoms with Crippen LogP contribution in [0.15, 0.2) is 29.2 Å². The summed E-state index contributed by atoms with van der Waals surface area (Å²) in [5, 5.41) is 8.40. The first-order chi connectivity index (χ1) is 4.34. The van der Waals surface area contributed by atoms with Crippen molar-refractivity contribution in [1.29, 1.82) is 5.26 Å². The van der Waals surface area contributed by atoms with Gasteiger partial charge in [0.15, 0.2) is 0 Å². The Kier molecular flexibility index (Phi) is 4.67. The molecule has 44 valence electrons. The van der Waals surface area contributed by atoms with Crippen molar-refractivity contribution in [2.24, 2.45) is 0 Å². The van der Waals surface area contributed by atoms with E-state index in [1.165, 1.54) is 0 Å². The molecule has 0 aromatic heterocycles. The summed E-state index contributed by atoms with van der Waals surface area (Å²) in [4.78, 5) is 0.625. The third-order valence-corrected chi connectivity index (χ3v) is 1.36. The topological polar surface area (TPSA) is 23.8 Å². The molecule has 1 aromatic rings. The monoisotopic (exact) mass is 157 g/mol. The summed E-state index contributed by atoms with van der Waals surface area (Å²) in [5.74, 6) is 0. The van der Waals surface area contributed by atoms with Crippen LogP contribution in [-0.2, 0) is 12.6 Å². The van der Waals surface area contributed by atoms with Gasteiger partial charge in [-0.1, -0.05) is 18.2 Å². The van der Waals surface area contributed by atoms with Crippen LogP contribution < -0.4 is 29.6 Å². The SMILES string of the molecule is N#Cc1ccccc1[S-].[Na+]. The Hall–Kier alpha value is -0.0700. The van der Waals surface area contributed by atoms with E-state index in [1.807, 2.05) is 12.1 Å². The number of nitriles is 1. The van der Waals surface area contributed by atoms with Crippen LogP contribution in [0.2, 0.25) is 0 Å². The molecule has 0 atom stereocenters. The van der Waals surface area contributed by atoms with Crippen molar-refractivity contribution in [2.75, 3.05) is 0 Å². The van der Waals surface area contributed by atoms with Crippen LogP contribution in [-0.4, -0.2) is 0 Å². The Bertz CT molecular complexity index is 254. The molecule has 1 nitrogen and oxygen atoms in total. The van der Waals surface area contributed by atoms with Gasteiger partial charge in [-0.3, -0.25) is 0 Å². The van der Waals surface area contributed by atoms with Crippen molar-refractivity contribution >= 4 is 12.6 Å². The van der Waals surface area contributed by atoms with E-state index < -0.39 is 0 Å². The van der Waals surface area contributed by atoms with Gasteiger partial charge in [-0.15, -0.1) is 0 Å². The molecule has 0 N–H and O–H groups in total. The first-order valence-corrected chi connectivity index (χ1v) is 2.91. The number of benzene rings is 1. The van der Waals surface area contributed by atoms with E-state index in [9.17, 15) is 0 Å². The maximum Gasteiger partial charge on any atom is 1.00 e. The smallest absolute Gasteiger partial charge is 0.778 e. The molecule has 1 aromatic carbocycles. The van der Waals surface area contributed by atoms with Crippen molar-refractivity contribution < 1.29 is 29.6 Å². The molecule has 0 heterocycles. The number of nitrogens with zero attached hydrogens (tertiary/aromatic N) is 1. The molecule has 0 bridgehead atoms. The Morgan fingerprint density at radius 2 is 1.90 bits per heavy atom. The Balaban J connectivity index is 0.000000810. The van der Waals surface area contributed by atoms with Crippen LogP contribution in [0, 0.1) is 11.3 Å². The molecule has 0 fully saturated rings. The maximum atomic E-state index is 8.40. The predicted octanol–water partition coefficient (Wildman–Crippen LogP) is -1.53. The zero-order valence-electron chi connectivity index (χ0n) is 5.66. The van der Waals surface area contributed by atoms with Crippen LogP contribution in [0.1, 0.15) is 5.56 Å². The molecule has 0 aliphatic heterocycles. The largest absolute Gasteiger partial charge is 1.00 e. The summed E-state index contributed by atoms with van der Waals surface area (Å²) in [7, 11) is 0. The van der Waals surface area contributed by atoms with Gasteiger partial charge in [0.05, 0.1) is 6.07 Å². The van der Waals surface area contributed by atoms with Crippen molar-refractivity contribution in [3.8, 4) is 6.07 Å². The minimum atomic E-state index is 0. The number of hydrogen-bond donors (Lipinski definition) is 0. The molecule has 0 unspecified atom stereocenters. The standard InChI is InChI=1S/C7H5NS.Na/c8-5-6-3-1-2-4-7(6)9;/h1-4,9H;/q;+1/p-1. The summed E-state index contributed by atoms with van der Waals surface area (Å²) in [6.07, 6.45) is 0. The first-order valence-electron chi connectivity index (χ1n) is 2.51. The minimum absolute atomic E-state index is 0. The fourth-order valence-electron chi connectivity index (χ4n) is 0.559. The summed E-state index contributed by atoms with van der Waals surface area (Å²) < 4.78 is 0. The van der Waals surface area contributed by atoms with Crippen LogP contribution in [0.25, 0.3) is 0 Å². The molecule has 0 aliphatic carbocycles. The molecule has 0 saturated carbocycles. The second-order valence-electron chi connectivity index (χ2n) is 1.61. The van der Waals surface area contributed by atoms with Gasteiger partial charge >= 0.3 is 29.6 Å². The molecule has 0 saturated heterocycles. The van der Waals surface area contributed by atoms with E-state index in [0.29, 0.717) is 10.5 Å². The van der Waals surface area contributed by atoms with Crippen LogP contribution >= 0.6 is 0 Å². The van der Waals surface area contributed by atoms with Crippen LogP contribution in [0.4, 0.5) is 0 Å². The van der Waals surface area contributed by atoms with Gasteiger partial charge in [0.2, 0.25) is 0 Å². The third kappa shape index (κ3) is 2.28. The average molecular weight is 157 g/mol. The van der Waals surface area contributed by atoms with Crippen LogP contribution in [0.5, 0.6) is 0 Å². The molecule has 1 rings (SSSR count).